The molecule has 24 heavy (non-hydrogen) atoms. The number of carbonyl (C=O) groups excluding carboxylic acids is 1. The zero-order chi connectivity index (χ0) is 18.3. The van der Waals surface area contributed by atoms with Crippen LogP contribution in [0.5, 0.6) is 0 Å². The van der Waals surface area contributed by atoms with Crippen molar-refractivity contribution in [3.05, 3.63) is 0 Å². The molecule has 7 nitrogen and oxygen atoms in total. The second-order valence-corrected chi connectivity index (χ2v) is 8.16. The van der Waals surface area contributed by atoms with E-state index in [0.717, 1.165) is 25.0 Å². The molecule has 0 heterocycles. The van der Waals surface area contributed by atoms with Gasteiger partial charge in [-0.15, -0.1) is 0 Å². The highest BCUT2D eigenvalue weighted by molar-refractivity contribution is 7.99. The Hall–Kier alpha value is -1.28. The van der Waals surface area contributed by atoms with E-state index in [9.17, 15) is 19.5 Å². The Balaban J connectivity index is 2.15. The predicted octanol–water partition coefficient (Wildman–Crippen LogP) is 1.31. The first-order valence-corrected chi connectivity index (χ1v) is 9.40. The molecule has 0 radical (unpaired) electrons. The maximum Gasteiger partial charge on any atom is 0.326 e. The number of carbonyl (C=O) groups is 3. The Morgan fingerprint density at radius 2 is 1.83 bits per heavy atom. The average molecular weight is 360 g/mol. The average Bonchev–Trinajstić information content (AvgIpc) is 3.13. The van der Waals surface area contributed by atoms with Crippen molar-refractivity contribution < 1.29 is 24.6 Å². The van der Waals surface area contributed by atoms with Crippen LogP contribution in [0, 0.1) is 11.3 Å². The largest absolute Gasteiger partial charge is 0.480 e. The van der Waals surface area contributed by atoms with E-state index in [4.69, 9.17) is 10.8 Å². The molecule has 0 bridgehead atoms. The minimum atomic E-state index is -0.999. The molecule has 1 aliphatic carbocycles. The van der Waals surface area contributed by atoms with Gasteiger partial charge < -0.3 is 21.3 Å². The van der Waals surface area contributed by atoms with Crippen LogP contribution >= 0.6 is 11.8 Å². The number of hydrogen-bond acceptors (Lipinski definition) is 5. The number of thioether (sulfide) groups is 1. The quantitative estimate of drug-likeness (QED) is 0.386. The molecule has 0 aromatic rings. The molecule has 1 rings (SSSR count). The topological polar surface area (TPSA) is 130 Å². The monoisotopic (exact) mass is 360 g/mol. The van der Waals surface area contributed by atoms with Gasteiger partial charge in [0, 0.05) is 11.7 Å². The minimum absolute atomic E-state index is 0.0127. The normalized spacial score (nSPS) is 20.9. The molecule has 1 amide bonds. The van der Waals surface area contributed by atoms with E-state index in [1.807, 2.05) is 13.8 Å². The molecular weight excluding hydrogens is 332 g/mol. The first kappa shape index (κ1) is 20.8. The van der Waals surface area contributed by atoms with Crippen molar-refractivity contribution in [3.8, 4) is 0 Å². The Labute approximate surface area is 146 Å². The molecule has 0 aliphatic heterocycles. The van der Waals surface area contributed by atoms with Crippen molar-refractivity contribution in [2.45, 2.75) is 58.0 Å². The molecule has 1 aliphatic rings. The number of aliphatic carboxylic acids is 2. The van der Waals surface area contributed by atoms with E-state index in [1.165, 1.54) is 11.8 Å². The molecule has 1 saturated carbocycles. The van der Waals surface area contributed by atoms with E-state index < -0.39 is 24.0 Å². The fourth-order valence-corrected chi connectivity index (χ4v) is 3.43. The minimum Gasteiger partial charge on any atom is -0.480 e. The highest BCUT2D eigenvalue weighted by Crippen LogP contribution is 2.51. The van der Waals surface area contributed by atoms with Gasteiger partial charge in [0.05, 0.1) is 0 Å². The summed E-state index contributed by atoms with van der Waals surface area (Å²) >= 11 is 1.49. The molecule has 1 fully saturated rings. The van der Waals surface area contributed by atoms with Crippen LogP contribution in [0.2, 0.25) is 0 Å². The van der Waals surface area contributed by atoms with Crippen LogP contribution in [0.3, 0.4) is 0 Å². The van der Waals surface area contributed by atoms with Crippen LogP contribution in [0.4, 0.5) is 0 Å². The number of hydrogen-bond donors (Lipinski definition) is 4. The van der Waals surface area contributed by atoms with Gasteiger partial charge in [0.2, 0.25) is 5.91 Å². The third kappa shape index (κ3) is 7.09. The maximum absolute atomic E-state index is 12.0. The third-order valence-corrected chi connectivity index (χ3v) is 5.51. The zero-order valence-electron chi connectivity index (χ0n) is 14.3. The van der Waals surface area contributed by atoms with Gasteiger partial charge in [0.15, 0.2) is 0 Å². The summed E-state index contributed by atoms with van der Waals surface area (Å²) in [4.78, 5) is 33.8. The molecule has 3 atom stereocenters. The lowest BCUT2D eigenvalue weighted by Gasteiger charge is -2.15. The predicted molar refractivity (Wildman–Crippen MR) is 92.9 cm³/mol. The van der Waals surface area contributed by atoms with Crippen molar-refractivity contribution in [1.29, 1.82) is 0 Å². The second kappa shape index (κ2) is 9.27. The lowest BCUT2D eigenvalue weighted by atomic mass is 10.1. The van der Waals surface area contributed by atoms with Crippen molar-refractivity contribution in [2.75, 3.05) is 11.5 Å². The van der Waals surface area contributed by atoms with E-state index in [-0.39, 0.29) is 17.2 Å². The summed E-state index contributed by atoms with van der Waals surface area (Å²) in [6, 6.07) is -1.67. The molecule has 0 aromatic carbocycles. The Kier molecular flexibility index (Phi) is 8.02. The summed E-state index contributed by atoms with van der Waals surface area (Å²) in [5, 5.41) is 20.5. The molecule has 2 unspecified atom stereocenters. The van der Waals surface area contributed by atoms with Gasteiger partial charge in [0.25, 0.3) is 0 Å². The number of rotatable bonds is 12. The highest BCUT2D eigenvalue weighted by atomic mass is 32.2. The summed E-state index contributed by atoms with van der Waals surface area (Å²) in [5.74, 6) is -1.06. The van der Waals surface area contributed by atoms with E-state index >= 15 is 0 Å². The van der Waals surface area contributed by atoms with Crippen LogP contribution in [-0.4, -0.2) is 51.6 Å². The lowest BCUT2D eigenvalue weighted by Crippen LogP contribution is -2.42. The molecule has 0 spiro atoms. The van der Waals surface area contributed by atoms with Crippen molar-refractivity contribution in [1.82, 2.24) is 5.32 Å². The Morgan fingerprint density at radius 1 is 1.21 bits per heavy atom. The van der Waals surface area contributed by atoms with Crippen molar-refractivity contribution in [2.24, 2.45) is 17.1 Å². The lowest BCUT2D eigenvalue weighted by molar-refractivity contribution is -0.142. The molecular formula is C16H28N2O5S. The second-order valence-electron chi connectivity index (χ2n) is 7.01. The zero-order valence-corrected chi connectivity index (χ0v) is 15.1. The van der Waals surface area contributed by atoms with Gasteiger partial charge in [-0.2, -0.15) is 11.8 Å². The fourth-order valence-electron chi connectivity index (χ4n) is 2.46. The Morgan fingerprint density at radius 3 is 2.33 bits per heavy atom. The highest BCUT2D eigenvalue weighted by Gasteiger charge is 2.51. The number of nitrogens with one attached hydrogen (secondary N) is 1. The van der Waals surface area contributed by atoms with Crippen molar-refractivity contribution >= 4 is 29.6 Å². The molecule has 138 valence electrons. The van der Waals surface area contributed by atoms with Gasteiger partial charge >= 0.3 is 11.9 Å². The number of carboxylic acid groups (broad SMARTS) is 2. The summed E-state index contributed by atoms with van der Waals surface area (Å²) in [7, 11) is 0. The van der Waals surface area contributed by atoms with E-state index in [2.05, 4.69) is 5.32 Å². The van der Waals surface area contributed by atoms with Crippen LogP contribution in [0.1, 0.15) is 46.0 Å². The van der Waals surface area contributed by atoms with Gasteiger partial charge in [-0.05, 0) is 30.4 Å². The number of amides is 1. The van der Waals surface area contributed by atoms with Crippen LogP contribution in [-0.2, 0) is 14.4 Å². The Bertz CT molecular complexity index is 469. The van der Waals surface area contributed by atoms with Gasteiger partial charge in [0.1, 0.15) is 12.1 Å². The summed E-state index contributed by atoms with van der Waals surface area (Å²) < 4.78 is 0. The summed E-state index contributed by atoms with van der Waals surface area (Å²) in [5.41, 5.74) is 5.39. The first-order valence-electron chi connectivity index (χ1n) is 8.24. The summed E-state index contributed by atoms with van der Waals surface area (Å²) in [6.45, 7) is 4.00. The van der Waals surface area contributed by atoms with Crippen LogP contribution in [0.15, 0.2) is 0 Å². The molecule has 0 aromatic heterocycles. The SMILES string of the molecule is CC1(C)C[C@@H]1C(=O)NC(CCCCCSCC(N)C(=O)O)C(=O)O. The standard InChI is InChI=1S/C16H28N2O5S/c1-16(2)8-10(16)13(19)18-12(15(22)23)6-4-3-5-7-24-9-11(17)14(20)21/h10-12H,3-9,17H2,1-2H3,(H,18,19)(H,20,21)(H,22,23)/t10-,11?,12?/m1/s1. The molecule has 0 saturated heterocycles. The third-order valence-electron chi connectivity index (χ3n) is 4.34. The maximum atomic E-state index is 12.0. The van der Waals surface area contributed by atoms with Crippen LogP contribution in [0.25, 0.3) is 0 Å². The number of unbranched alkanes of at least 4 members (excludes halogenated alkanes) is 2. The van der Waals surface area contributed by atoms with Gasteiger partial charge in [-0.25, -0.2) is 4.79 Å². The molecule has 5 N–H and O–H groups in total. The van der Waals surface area contributed by atoms with E-state index in [1.54, 1.807) is 0 Å². The first-order chi connectivity index (χ1) is 11.1. The van der Waals surface area contributed by atoms with Gasteiger partial charge in [-0.1, -0.05) is 26.7 Å². The van der Waals surface area contributed by atoms with Crippen molar-refractivity contribution in [3.63, 3.8) is 0 Å². The number of nitrogens with two attached hydrogens (primary N) is 1. The number of carboxylic acids is 2. The van der Waals surface area contributed by atoms with E-state index in [0.29, 0.717) is 18.6 Å². The van der Waals surface area contributed by atoms with Gasteiger partial charge in [-0.3, -0.25) is 9.59 Å². The summed E-state index contributed by atoms with van der Waals surface area (Å²) in [6.07, 6.45) is 3.63. The fraction of sp³-hybridized carbons (Fsp3) is 0.812. The van der Waals surface area contributed by atoms with Crippen LogP contribution < -0.4 is 11.1 Å². The smallest absolute Gasteiger partial charge is 0.326 e. The molecule has 8 heteroatoms.